The molecule has 0 fully saturated rings. The van der Waals surface area contributed by atoms with Crippen molar-refractivity contribution in [3.63, 3.8) is 0 Å². The standard InChI is InChI=1S/C19H20N2O2S2/c1-23-18(22)13-19-24-17(21-15-10-6-3-7-11-15)12-16(25(19)20)14-8-4-2-5-9-14/h2-12,17,19-21H,13H2,1H3. The highest BCUT2D eigenvalue weighted by Crippen LogP contribution is 2.38. The van der Waals surface area contributed by atoms with Crippen LogP contribution in [-0.4, -0.2) is 23.0 Å². The number of anilines is 1. The van der Waals surface area contributed by atoms with Crippen LogP contribution in [0.2, 0.25) is 0 Å². The molecule has 3 rings (SSSR count). The zero-order chi connectivity index (χ0) is 17.6. The van der Waals surface area contributed by atoms with Crippen molar-refractivity contribution in [3.8, 4) is 0 Å². The molecule has 1 aliphatic heterocycles. The van der Waals surface area contributed by atoms with Gasteiger partial charge in [0.1, 0.15) is 0 Å². The van der Waals surface area contributed by atoms with Gasteiger partial charge in [0.25, 0.3) is 0 Å². The van der Waals surface area contributed by atoms with Crippen LogP contribution in [0.1, 0.15) is 12.0 Å². The topological polar surface area (TPSA) is 62.2 Å². The maximum atomic E-state index is 11.8. The van der Waals surface area contributed by atoms with Gasteiger partial charge in [0.15, 0.2) is 0 Å². The highest BCUT2D eigenvalue weighted by Gasteiger charge is 2.30. The second-order valence-corrected chi connectivity index (χ2v) is 8.84. The van der Waals surface area contributed by atoms with E-state index in [0.717, 1.165) is 16.2 Å². The first-order valence-corrected chi connectivity index (χ1v) is 10.2. The van der Waals surface area contributed by atoms with Crippen LogP contribution in [-0.2, 0) is 20.2 Å². The van der Waals surface area contributed by atoms with Gasteiger partial charge in [-0.2, -0.15) is 0 Å². The Morgan fingerprint density at radius 2 is 1.80 bits per heavy atom. The minimum Gasteiger partial charge on any atom is -0.469 e. The lowest BCUT2D eigenvalue weighted by molar-refractivity contribution is -0.140. The molecule has 3 unspecified atom stereocenters. The van der Waals surface area contributed by atoms with E-state index < -0.39 is 10.7 Å². The second-order valence-electron chi connectivity index (χ2n) is 5.51. The van der Waals surface area contributed by atoms with Gasteiger partial charge in [-0.15, -0.1) is 11.8 Å². The number of carbonyl (C=O) groups is 1. The monoisotopic (exact) mass is 372 g/mol. The van der Waals surface area contributed by atoms with Crippen molar-refractivity contribution in [1.82, 2.24) is 0 Å². The summed E-state index contributed by atoms with van der Waals surface area (Å²) in [6.45, 7) is 0. The molecule has 0 bridgehead atoms. The molecule has 2 N–H and O–H groups in total. The van der Waals surface area contributed by atoms with Gasteiger partial charge in [-0.1, -0.05) is 59.2 Å². The molecule has 3 atom stereocenters. The first-order chi connectivity index (χ1) is 12.2. The fraction of sp³-hybridized carbons (Fsp3) is 0.211. The van der Waals surface area contributed by atoms with Crippen molar-refractivity contribution >= 4 is 39.0 Å². The number of benzene rings is 2. The van der Waals surface area contributed by atoms with Crippen molar-refractivity contribution in [1.29, 1.82) is 4.78 Å². The fourth-order valence-electron chi connectivity index (χ4n) is 2.56. The van der Waals surface area contributed by atoms with E-state index in [1.54, 1.807) is 11.8 Å². The lowest BCUT2D eigenvalue weighted by Gasteiger charge is -2.30. The van der Waals surface area contributed by atoms with Crippen molar-refractivity contribution in [2.45, 2.75) is 16.4 Å². The van der Waals surface area contributed by atoms with Crippen LogP contribution < -0.4 is 5.32 Å². The lowest BCUT2D eigenvalue weighted by atomic mass is 10.2. The number of carbonyl (C=O) groups excluding carboxylic acids is 1. The largest absolute Gasteiger partial charge is 0.469 e. The van der Waals surface area contributed by atoms with E-state index in [4.69, 9.17) is 9.52 Å². The van der Waals surface area contributed by atoms with Gasteiger partial charge < -0.3 is 10.1 Å². The van der Waals surface area contributed by atoms with Crippen LogP contribution in [0.4, 0.5) is 5.69 Å². The summed E-state index contributed by atoms with van der Waals surface area (Å²) in [5, 5.41) is 3.48. The van der Waals surface area contributed by atoms with Crippen molar-refractivity contribution in [3.05, 3.63) is 72.3 Å². The summed E-state index contributed by atoms with van der Waals surface area (Å²) in [5.41, 5.74) is 2.06. The van der Waals surface area contributed by atoms with Crippen molar-refractivity contribution in [2.24, 2.45) is 0 Å². The van der Waals surface area contributed by atoms with Crippen LogP contribution in [0.5, 0.6) is 0 Å². The molecule has 25 heavy (non-hydrogen) atoms. The Kier molecular flexibility index (Phi) is 5.94. The van der Waals surface area contributed by atoms with Crippen LogP contribution in [0, 0.1) is 4.78 Å². The predicted molar refractivity (Wildman–Crippen MR) is 106 cm³/mol. The zero-order valence-corrected chi connectivity index (χ0v) is 15.5. The molecule has 0 spiro atoms. The molecular formula is C19H20N2O2S2. The molecule has 0 aliphatic carbocycles. The summed E-state index contributed by atoms with van der Waals surface area (Å²) in [5.74, 6) is -0.268. The Morgan fingerprint density at radius 1 is 1.16 bits per heavy atom. The molecule has 130 valence electrons. The molecule has 0 saturated carbocycles. The number of ether oxygens (including phenoxy) is 1. The quantitative estimate of drug-likeness (QED) is 0.760. The first-order valence-electron chi connectivity index (χ1n) is 7.93. The third kappa shape index (κ3) is 4.52. The average molecular weight is 373 g/mol. The molecule has 2 aromatic rings. The van der Waals surface area contributed by atoms with Gasteiger partial charge in [-0.25, -0.2) is 0 Å². The molecule has 0 amide bonds. The predicted octanol–water partition coefficient (Wildman–Crippen LogP) is 4.48. The van der Waals surface area contributed by atoms with Crippen LogP contribution in [0.3, 0.4) is 0 Å². The van der Waals surface area contributed by atoms with Crippen molar-refractivity contribution in [2.75, 3.05) is 12.4 Å². The van der Waals surface area contributed by atoms with Crippen LogP contribution >= 0.6 is 11.8 Å². The number of esters is 1. The maximum absolute atomic E-state index is 11.8. The summed E-state index contributed by atoms with van der Waals surface area (Å²) in [6.07, 6.45) is 2.35. The van der Waals surface area contributed by atoms with Gasteiger partial charge >= 0.3 is 5.97 Å². The van der Waals surface area contributed by atoms with Crippen LogP contribution in [0.25, 0.3) is 4.91 Å². The van der Waals surface area contributed by atoms with Gasteiger partial charge in [-0.3, -0.25) is 9.57 Å². The number of thioether (sulfide) groups is 1. The molecule has 6 heteroatoms. The highest BCUT2D eigenvalue weighted by molar-refractivity contribution is 8.16. The Hall–Kier alpha value is -2.05. The molecule has 0 saturated heterocycles. The average Bonchev–Trinajstić information content (AvgIpc) is 2.65. The van der Waals surface area contributed by atoms with Gasteiger partial charge in [0.2, 0.25) is 0 Å². The molecule has 1 aliphatic rings. The van der Waals surface area contributed by atoms with Gasteiger partial charge in [0.05, 0.1) is 23.5 Å². The molecular weight excluding hydrogens is 352 g/mol. The van der Waals surface area contributed by atoms with E-state index in [0.29, 0.717) is 0 Å². The summed E-state index contributed by atoms with van der Waals surface area (Å²) in [4.78, 5) is 12.8. The van der Waals surface area contributed by atoms with E-state index in [9.17, 15) is 4.79 Å². The SMILES string of the molecule is COC(=O)CC1SC(Nc2ccccc2)C=C(c2ccccc2)S1=N. The number of hydrogen-bond donors (Lipinski definition) is 2. The number of nitrogens with one attached hydrogen (secondary N) is 2. The number of methoxy groups -OCH3 is 1. The molecule has 0 aromatic heterocycles. The summed E-state index contributed by atoms with van der Waals surface area (Å²) < 4.78 is 13.4. The fourth-order valence-corrected chi connectivity index (χ4v) is 6.00. The first kappa shape index (κ1) is 17.8. The summed E-state index contributed by atoms with van der Waals surface area (Å²) in [7, 11) is 0.610. The Morgan fingerprint density at radius 3 is 2.44 bits per heavy atom. The molecule has 1 heterocycles. The molecule has 0 radical (unpaired) electrons. The lowest BCUT2D eigenvalue weighted by Crippen LogP contribution is -2.28. The zero-order valence-electron chi connectivity index (χ0n) is 13.8. The van der Waals surface area contributed by atoms with E-state index in [1.807, 2.05) is 60.7 Å². The smallest absolute Gasteiger partial charge is 0.307 e. The number of para-hydroxylation sites is 1. The van der Waals surface area contributed by atoms with E-state index in [1.165, 1.54) is 7.11 Å². The van der Waals surface area contributed by atoms with E-state index >= 15 is 0 Å². The summed E-state index contributed by atoms with van der Waals surface area (Å²) in [6, 6.07) is 19.9. The number of rotatable bonds is 5. The third-order valence-electron chi connectivity index (χ3n) is 3.80. The second kappa shape index (κ2) is 8.36. The molecule has 4 nitrogen and oxygen atoms in total. The van der Waals surface area contributed by atoms with Gasteiger partial charge in [0, 0.05) is 10.6 Å². The Balaban J connectivity index is 1.89. The van der Waals surface area contributed by atoms with Crippen LogP contribution in [0.15, 0.2) is 66.7 Å². The maximum Gasteiger partial charge on any atom is 0.307 e. The number of hydrogen-bond acceptors (Lipinski definition) is 5. The van der Waals surface area contributed by atoms with Crippen molar-refractivity contribution < 1.29 is 9.53 Å². The normalized spacial score (nSPS) is 22.8. The minimum atomic E-state index is -0.784. The minimum absolute atomic E-state index is 0.00126. The third-order valence-corrected chi connectivity index (χ3v) is 7.27. The van der Waals surface area contributed by atoms with E-state index in [2.05, 4.69) is 11.4 Å². The highest BCUT2D eigenvalue weighted by atomic mass is 32.2. The van der Waals surface area contributed by atoms with Gasteiger partial charge in [-0.05, 0) is 23.8 Å². The Labute approximate surface area is 154 Å². The molecule has 2 aromatic carbocycles. The van der Waals surface area contributed by atoms with E-state index in [-0.39, 0.29) is 22.3 Å². The Bertz CT molecular complexity index is 779. The summed E-state index contributed by atoms with van der Waals surface area (Å²) >= 11 is 1.61.